The Labute approximate surface area is 115 Å². The third kappa shape index (κ3) is 5.41. The Morgan fingerprint density at radius 1 is 1.37 bits per heavy atom. The molecule has 1 aromatic carbocycles. The second kappa shape index (κ2) is 8.67. The highest BCUT2D eigenvalue weighted by atomic mass is 16.5. The summed E-state index contributed by atoms with van der Waals surface area (Å²) in [6.45, 7) is 3.71. The Morgan fingerprint density at radius 3 is 2.63 bits per heavy atom. The summed E-state index contributed by atoms with van der Waals surface area (Å²) in [5.74, 6) is 0.00255. The number of amides is 1. The Morgan fingerprint density at radius 2 is 2.05 bits per heavy atom. The minimum Gasteiger partial charge on any atom is -0.383 e. The SMILES string of the molecule is CCC[C@@H](N)C(=O)N(CCOC)Cc1ccccc1. The molecule has 0 bridgehead atoms. The number of methoxy groups -OCH3 is 1. The smallest absolute Gasteiger partial charge is 0.239 e. The molecule has 1 atom stereocenters. The lowest BCUT2D eigenvalue weighted by Crippen LogP contribution is -2.44. The molecule has 0 fully saturated rings. The van der Waals surface area contributed by atoms with Crippen LogP contribution in [0.2, 0.25) is 0 Å². The van der Waals surface area contributed by atoms with Crippen molar-refractivity contribution in [1.82, 2.24) is 4.90 Å². The van der Waals surface area contributed by atoms with E-state index in [1.165, 1.54) is 0 Å². The van der Waals surface area contributed by atoms with Crippen molar-refractivity contribution >= 4 is 5.91 Å². The molecule has 1 amide bonds. The topological polar surface area (TPSA) is 55.6 Å². The number of benzene rings is 1. The summed E-state index contributed by atoms with van der Waals surface area (Å²) in [5, 5.41) is 0. The molecule has 0 saturated heterocycles. The maximum atomic E-state index is 12.3. The number of ether oxygens (including phenoxy) is 1. The first kappa shape index (κ1) is 15.7. The van der Waals surface area contributed by atoms with E-state index in [1.54, 1.807) is 12.0 Å². The van der Waals surface area contributed by atoms with E-state index in [1.807, 2.05) is 37.3 Å². The molecule has 0 radical (unpaired) electrons. The molecule has 0 aliphatic carbocycles. The minimum atomic E-state index is -0.412. The Bertz CT molecular complexity index is 368. The van der Waals surface area contributed by atoms with Gasteiger partial charge in [0, 0.05) is 20.2 Å². The van der Waals surface area contributed by atoms with Crippen molar-refractivity contribution in [3.8, 4) is 0 Å². The number of hydrogen-bond donors (Lipinski definition) is 1. The quantitative estimate of drug-likeness (QED) is 0.779. The third-order valence-corrected chi connectivity index (χ3v) is 3.01. The standard InChI is InChI=1S/C15H24N2O2/c1-3-7-14(16)15(18)17(10-11-19-2)12-13-8-5-4-6-9-13/h4-6,8-9,14H,3,7,10-12,16H2,1-2H3/t14-/m1/s1. The predicted octanol–water partition coefficient (Wildman–Crippen LogP) is 1.79. The largest absolute Gasteiger partial charge is 0.383 e. The molecular weight excluding hydrogens is 240 g/mol. The normalized spacial score (nSPS) is 12.2. The van der Waals surface area contributed by atoms with Gasteiger partial charge < -0.3 is 15.4 Å². The van der Waals surface area contributed by atoms with Crippen LogP contribution >= 0.6 is 0 Å². The van der Waals surface area contributed by atoms with Crippen molar-refractivity contribution in [2.24, 2.45) is 5.73 Å². The molecule has 0 saturated carbocycles. The molecule has 2 N–H and O–H groups in total. The zero-order chi connectivity index (χ0) is 14.1. The van der Waals surface area contributed by atoms with E-state index in [2.05, 4.69) is 0 Å². The molecule has 1 aromatic rings. The first-order valence-electron chi connectivity index (χ1n) is 6.76. The van der Waals surface area contributed by atoms with Gasteiger partial charge >= 0.3 is 0 Å². The lowest BCUT2D eigenvalue weighted by Gasteiger charge is -2.25. The number of hydrogen-bond acceptors (Lipinski definition) is 3. The van der Waals surface area contributed by atoms with Crippen molar-refractivity contribution in [3.05, 3.63) is 35.9 Å². The van der Waals surface area contributed by atoms with Gasteiger partial charge in [-0.05, 0) is 12.0 Å². The molecule has 1 rings (SSSR count). The van der Waals surface area contributed by atoms with E-state index >= 15 is 0 Å². The molecule has 0 aromatic heterocycles. The predicted molar refractivity (Wildman–Crippen MR) is 76.6 cm³/mol. The molecule has 19 heavy (non-hydrogen) atoms. The van der Waals surface area contributed by atoms with Crippen LogP contribution in [0.4, 0.5) is 0 Å². The van der Waals surface area contributed by atoms with E-state index in [4.69, 9.17) is 10.5 Å². The van der Waals surface area contributed by atoms with E-state index in [0.717, 1.165) is 18.4 Å². The van der Waals surface area contributed by atoms with E-state index in [-0.39, 0.29) is 5.91 Å². The van der Waals surface area contributed by atoms with Crippen molar-refractivity contribution in [3.63, 3.8) is 0 Å². The van der Waals surface area contributed by atoms with E-state index in [9.17, 15) is 4.79 Å². The van der Waals surface area contributed by atoms with Crippen LogP contribution in [0, 0.1) is 0 Å². The summed E-state index contributed by atoms with van der Waals surface area (Å²) in [5.41, 5.74) is 7.03. The molecule has 4 heteroatoms. The second-order valence-corrected chi connectivity index (χ2v) is 4.63. The molecule has 0 aliphatic rings. The Hall–Kier alpha value is -1.39. The molecule has 4 nitrogen and oxygen atoms in total. The second-order valence-electron chi connectivity index (χ2n) is 4.63. The molecular formula is C15H24N2O2. The summed E-state index contributed by atoms with van der Waals surface area (Å²) in [4.78, 5) is 14.1. The number of carbonyl (C=O) groups is 1. The van der Waals surface area contributed by atoms with Gasteiger partial charge in [-0.2, -0.15) is 0 Å². The Kier molecular flexibility index (Phi) is 7.15. The fourth-order valence-electron chi connectivity index (χ4n) is 1.94. The van der Waals surface area contributed by atoms with Crippen LogP contribution < -0.4 is 5.73 Å². The van der Waals surface area contributed by atoms with Gasteiger partial charge in [-0.1, -0.05) is 43.7 Å². The summed E-state index contributed by atoms with van der Waals surface area (Å²) in [7, 11) is 1.64. The first-order chi connectivity index (χ1) is 9.19. The van der Waals surface area contributed by atoms with Crippen molar-refractivity contribution in [1.29, 1.82) is 0 Å². The maximum Gasteiger partial charge on any atom is 0.239 e. The summed E-state index contributed by atoms with van der Waals surface area (Å²) in [6, 6.07) is 9.52. The first-order valence-corrected chi connectivity index (χ1v) is 6.76. The van der Waals surface area contributed by atoms with Gasteiger partial charge in [0.2, 0.25) is 5.91 Å². The van der Waals surface area contributed by atoms with Gasteiger partial charge in [-0.15, -0.1) is 0 Å². The molecule has 0 aliphatic heterocycles. The third-order valence-electron chi connectivity index (χ3n) is 3.01. The molecule has 0 spiro atoms. The minimum absolute atomic E-state index is 0.00255. The van der Waals surface area contributed by atoms with Gasteiger partial charge in [0.1, 0.15) is 0 Å². The fourth-order valence-corrected chi connectivity index (χ4v) is 1.94. The van der Waals surface area contributed by atoms with Crippen LogP contribution in [0.3, 0.4) is 0 Å². The Balaban J connectivity index is 2.68. The van der Waals surface area contributed by atoms with Crippen LogP contribution in [0.15, 0.2) is 30.3 Å². The number of carbonyl (C=O) groups excluding carboxylic acids is 1. The van der Waals surface area contributed by atoms with Crippen LogP contribution in [-0.2, 0) is 16.1 Å². The average molecular weight is 264 g/mol. The highest BCUT2D eigenvalue weighted by Crippen LogP contribution is 2.07. The summed E-state index contributed by atoms with van der Waals surface area (Å²) >= 11 is 0. The van der Waals surface area contributed by atoms with Crippen LogP contribution in [0.25, 0.3) is 0 Å². The zero-order valence-electron chi connectivity index (χ0n) is 11.8. The highest BCUT2D eigenvalue weighted by molar-refractivity contribution is 5.81. The fraction of sp³-hybridized carbons (Fsp3) is 0.533. The van der Waals surface area contributed by atoms with Gasteiger partial charge in [0.15, 0.2) is 0 Å². The maximum absolute atomic E-state index is 12.3. The molecule has 0 unspecified atom stereocenters. The van der Waals surface area contributed by atoms with Gasteiger partial charge in [0.05, 0.1) is 12.6 Å². The number of nitrogens with two attached hydrogens (primary N) is 1. The zero-order valence-corrected chi connectivity index (χ0v) is 11.8. The van der Waals surface area contributed by atoms with Crippen molar-refractivity contribution in [2.75, 3.05) is 20.3 Å². The lowest BCUT2D eigenvalue weighted by molar-refractivity contribution is -0.134. The van der Waals surface area contributed by atoms with Crippen LogP contribution in [0.5, 0.6) is 0 Å². The monoisotopic (exact) mass is 264 g/mol. The lowest BCUT2D eigenvalue weighted by atomic mass is 10.1. The van der Waals surface area contributed by atoms with Crippen molar-refractivity contribution < 1.29 is 9.53 Å². The average Bonchev–Trinajstić information content (AvgIpc) is 2.44. The van der Waals surface area contributed by atoms with Gasteiger partial charge in [-0.25, -0.2) is 0 Å². The summed E-state index contributed by atoms with van der Waals surface area (Å²) in [6.07, 6.45) is 1.63. The van der Waals surface area contributed by atoms with E-state index in [0.29, 0.717) is 19.7 Å². The van der Waals surface area contributed by atoms with Gasteiger partial charge in [-0.3, -0.25) is 4.79 Å². The summed E-state index contributed by atoms with van der Waals surface area (Å²) < 4.78 is 5.07. The number of nitrogens with zero attached hydrogens (tertiary/aromatic N) is 1. The highest BCUT2D eigenvalue weighted by Gasteiger charge is 2.20. The molecule has 106 valence electrons. The van der Waals surface area contributed by atoms with Crippen molar-refractivity contribution in [2.45, 2.75) is 32.4 Å². The molecule has 0 heterocycles. The van der Waals surface area contributed by atoms with E-state index < -0.39 is 6.04 Å². The van der Waals surface area contributed by atoms with Crippen LogP contribution in [0.1, 0.15) is 25.3 Å². The van der Waals surface area contributed by atoms with Crippen LogP contribution in [-0.4, -0.2) is 37.1 Å². The van der Waals surface area contributed by atoms with Gasteiger partial charge in [0.25, 0.3) is 0 Å². The number of rotatable bonds is 8.